The first kappa shape index (κ1) is 13.6. The van der Waals surface area contributed by atoms with E-state index in [0.29, 0.717) is 12.2 Å². The second-order valence-corrected chi connectivity index (χ2v) is 4.17. The van der Waals surface area contributed by atoms with Crippen molar-refractivity contribution in [3.63, 3.8) is 0 Å². The topological polar surface area (TPSA) is 96.2 Å². The average molecular weight is 274 g/mol. The van der Waals surface area contributed by atoms with E-state index in [-0.39, 0.29) is 11.6 Å². The van der Waals surface area contributed by atoms with Crippen molar-refractivity contribution in [1.29, 1.82) is 0 Å². The molecule has 2 rings (SSSR count). The molecule has 2 aromatic rings. The standard InChI is InChI=1S/C13H14N4O3/c1-17-7-6-11(16-17)8-14-13(20)15-10-4-2-9(3-5-10)12(18)19/h2-7H,8H2,1H3,(H,18,19)(H2,14,15,20). The monoisotopic (exact) mass is 274 g/mol. The van der Waals surface area contributed by atoms with Gasteiger partial charge in [0, 0.05) is 18.9 Å². The van der Waals surface area contributed by atoms with Crippen LogP contribution in [0, 0.1) is 0 Å². The average Bonchev–Trinajstić information content (AvgIpc) is 2.83. The lowest BCUT2D eigenvalue weighted by molar-refractivity contribution is 0.0697. The number of anilines is 1. The van der Waals surface area contributed by atoms with Gasteiger partial charge in [-0.05, 0) is 30.3 Å². The molecular weight excluding hydrogens is 260 g/mol. The van der Waals surface area contributed by atoms with Crippen LogP contribution in [0.15, 0.2) is 36.5 Å². The molecule has 0 fully saturated rings. The molecule has 0 spiro atoms. The lowest BCUT2D eigenvalue weighted by Gasteiger charge is -2.06. The number of carboxylic acid groups (broad SMARTS) is 1. The highest BCUT2D eigenvalue weighted by Gasteiger charge is 2.05. The number of nitrogens with zero attached hydrogens (tertiary/aromatic N) is 2. The fraction of sp³-hybridized carbons (Fsp3) is 0.154. The van der Waals surface area contributed by atoms with Crippen LogP contribution in [0.3, 0.4) is 0 Å². The lowest BCUT2D eigenvalue weighted by atomic mass is 10.2. The first-order valence-corrected chi connectivity index (χ1v) is 5.91. The van der Waals surface area contributed by atoms with Crippen LogP contribution in [-0.4, -0.2) is 26.9 Å². The van der Waals surface area contributed by atoms with Gasteiger partial charge >= 0.3 is 12.0 Å². The van der Waals surface area contributed by atoms with Crippen LogP contribution in [0.5, 0.6) is 0 Å². The van der Waals surface area contributed by atoms with Gasteiger partial charge in [0.25, 0.3) is 0 Å². The number of nitrogens with one attached hydrogen (secondary N) is 2. The molecule has 0 saturated carbocycles. The Labute approximate surface area is 115 Å². The largest absolute Gasteiger partial charge is 0.478 e. The van der Waals surface area contributed by atoms with E-state index in [0.717, 1.165) is 5.69 Å². The Morgan fingerprint density at radius 2 is 1.95 bits per heavy atom. The molecule has 0 unspecified atom stereocenters. The number of aromatic carboxylic acids is 1. The van der Waals surface area contributed by atoms with E-state index < -0.39 is 5.97 Å². The molecule has 0 bridgehead atoms. The van der Waals surface area contributed by atoms with Crippen LogP contribution in [-0.2, 0) is 13.6 Å². The van der Waals surface area contributed by atoms with Gasteiger partial charge in [-0.15, -0.1) is 0 Å². The third-order valence-electron chi connectivity index (χ3n) is 2.59. The number of rotatable bonds is 4. The summed E-state index contributed by atoms with van der Waals surface area (Å²) in [6.45, 7) is 0.319. The summed E-state index contributed by atoms with van der Waals surface area (Å²) in [5.74, 6) is -1.00. The minimum absolute atomic E-state index is 0.171. The predicted molar refractivity (Wildman–Crippen MR) is 72.5 cm³/mol. The fourth-order valence-electron chi connectivity index (χ4n) is 1.60. The van der Waals surface area contributed by atoms with Gasteiger partial charge < -0.3 is 15.7 Å². The molecular formula is C13H14N4O3. The number of aryl methyl sites for hydroxylation is 1. The summed E-state index contributed by atoms with van der Waals surface area (Å²) in [4.78, 5) is 22.3. The van der Waals surface area contributed by atoms with Crippen molar-refractivity contribution in [3.05, 3.63) is 47.8 Å². The van der Waals surface area contributed by atoms with Crippen molar-refractivity contribution in [1.82, 2.24) is 15.1 Å². The summed E-state index contributed by atoms with van der Waals surface area (Å²) >= 11 is 0. The molecule has 2 amide bonds. The Bertz CT molecular complexity index is 619. The number of benzene rings is 1. The van der Waals surface area contributed by atoms with Crippen LogP contribution in [0.4, 0.5) is 10.5 Å². The molecule has 0 saturated heterocycles. The number of carbonyl (C=O) groups excluding carboxylic acids is 1. The number of hydrogen-bond donors (Lipinski definition) is 3. The quantitative estimate of drug-likeness (QED) is 0.786. The third kappa shape index (κ3) is 3.58. The maximum absolute atomic E-state index is 11.6. The van der Waals surface area contributed by atoms with Crippen LogP contribution in [0.25, 0.3) is 0 Å². The van der Waals surface area contributed by atoms with E-state index in [1.165, 1.54) is 24.3 Å². The summed E-state index contributed by atoms with van der Waals surface area (Å²) in [5, 5.41) is 18.2. The zero-order valence-electron chi connectivity index (χ0n) is 10.8. The highest BCUT2D eigenvalue weighted by Crippen LogP contribution is 2.09. The van der Waals surface area contributed by atoms with Crippen molar-refractivity contribution in [2.45, 2.75) is 6.54 Å². The predicted octanol–water partition coefficient (Wildman–Crippen LogP) is 1.44. The van der Waals surface area contributed by atoms with Crippen molar-refractivity contribution >= 4 is 17.7 Å². The Morgan fingerprint density at radius 3 is 2.50 bits per heavy atom. The lowest BCUT2D eigenvalue weighted by Crippen LogP contribution is -2.28. The Balaban J connectivity index is 1.86. The normalized spacial score (nSPS) is 10.1. The molecule has 20 heavy (non-hydrogen) atoms. The maximum atomic E-state index is 11.6. The van der Waals surface area contributed by atoms with Gasteiger partial charge in [0.15, 0.2) is 0 Å². The molecule has 0 aliphatic rings. The molecule has 1 aromatic heterocycles. The Kier molecular flexibility index (Phi) is 3.99. The molecule has 7 nitrogen and oxygen atoms in total. The van der Waals surface area contributed by atoms with E-state index >= 15 is 0 Å². The van der Waals surface area contributed by atoms with Gasteiger partial charge in [0.2, 0.25) is 0 Å². The molecule has 0 aliphatic heterocycles. The number of carbonyl (C=O) groups is 2. The Hall–Kier alpha value is -2.83. The van der Waals surface area contributed by atoms with E-state index in [2.05, 4.69) is 15.7 Å². The summed E-state index contributed by atoms with van der Waals surface area (Å²) in [5.41, 5.74) is 1.45. The van der Waals surface area contributed by atoms with Gasteiger partial charge in [-0.3, -0.25) is 4.68 Å². The summed E-state index contributed by atoms with van der Waals surface area (Å²) < 4.78 is 1.65. The zero-order valence-corrected chi connectivity index (χ0v) is 10.8. The number of urea groups is 1. The smallest absolute Gasteiger partial charge is 0.335 e. The number of amides is 2. The molecule has 0 atom stereocenters. The second kappa shape index (κ2) is 5.87. The van der Waals surface area contributed by atoms with Gasteiger partial charge in [0.05, 0.1) is 17.8 Å². The number of aromatic nitrogens is 2. The van der Waals surface area contributed by atoms with Gasteiger partial charge in [-0.2, -0.15) is 5.10 Å². The first-order valence-electron chi connectivity index (χ1n) is 5.91. The minimum atomic E-state index is -1.00. The number of hydrogen-bond acceptors (Lipinski definition) is 3. The van der Waals surface area contributed by atoms with E-state index in [1.54, 1.807) is 17.9 Å². The van der Waals surface area contributed by atoms with Gasteiger partial charge in [-0.25, -0.2) is 9.59 Å². The third-order valence-corrected chi connectivity index (χ3v) is 2.59. The van der Waals surface area contributed by atoms with E-state index in [1.807, 2.05) is 6.07 Å². The van der Waals surface area contributed by atoms with Gasteiger partial charge in [0.1, 0.15) is 0 Å². The first-order chi connectivity index (χ1) is 9.54. The second-order valence-electron chi connectivity index (χ2n) is 4.17. The molecule has 0 radical (unpaired) electrons. The molecule has 104 valence electrons. The van der Waals surface area contributed by atoms with Crippen molar-refractivity contribution in [2.75, 3.05) is 5.32 Å². The molecule has 3 N–H and O–H groups in total. The van der Waals surface area contributed by atoms with Crippen LogP contribution < -0.4 is 10.6 Å². The molecule has 0 aliphatic carbocycles. The SMILES string of the molecule is Cn1ccc(CNC(=O)Nc2ccc(C(=O)O)cc2)n1. The van der Waals surface area contributed by atoms with E-state index in [9.17, 15) is 9.59 Å². The summed E-state index contributed by atoms with van der Waals surface area (Å²) in [6.07, 6.45) is 1.79. The van der Waals surface area contributed by atoms with Crippen molar-refractivity contribution in [3.8, 4) is 0 Å². The van der Waals surface area contributed by atoms with Crippen LogP contribution >= 0.6 is 0 Å². The zero-order chi connectivity index (χ0) is 14.5. The fourth-order valence-corrected chi connectivity index (χ4v) is 1.60. The summed E-state index contributed by atoms with van der Waals surface area (Å²) in [6, 6.07) is 7.35. The molecule has 1 heterocycles. The minimum Gasteiger partial charge on any atom is -0.478 e. The van der Waals surface area contributed by atoms with Gasteiger partial charge in [-0.1, -0.05) is 0 Å². The highest BCUT2D eigenvalue weighted by atomic mass is 16.4. The Morgan fingerprint density at radius 1 is 1.25 bits per heavy atom. The highest BCUT2D eigenvalue weighted by molar-refractivity contribution is 5.91. The van der Waals surface area contributed by atoms with Crippen molar-refractivity contribution in [2.24, 2.45) is 7.05 Å². The molecule has 1 aromatic carbocycles. The van der Waals surface area contributed by atoms with E-state index in [4.69, 9.17) is 5.11 Å². The molecule has 7 heteroatoms. The van der Waals surface area contributed by atoms with Crippen LogP contribution in [0.2, 0.25) is 0 Å². The van der Waals surface area contributed by atoms with Crippen LogP contribution in [0.1, 0.15) is 16.1 Å². The number of carboxylic acids is 1. The van der Waals surface area contributed by atoms with Crippen molar-refractivity contribution < 1.29 is 14.7 Å². The summed E-state index contributed by atoms with van der Waals surface area (Å²) in [7, 11) is 1.80. The maximum Gasteiger partial charge on any atom is 0.335 e.